The van der Waals surface area contributed by atoms with Crippen LogP contribution in [0.5, 0.6) is 17.2 Å². The zero-order valence-electron chi connectivity index (χ0n) is 15.2. The lowest BCUT2D eigenvalue weighted by molar-refractivity contribution is -0.133. The highest BCUT2D eigenvalue weighted by Gasteiger charge is 2.23. The first-order valence-electron chi connectivity index (χ1n) is 8.23. The van der Waals surface area contributed by atoms with Crippen molar-refractivity contribution < 1.29 is 23.7 Å². The number of hydrogen-bond donors (Lipinski definition) is 0. The maximum atomic E-state index is 12.2. The highest BCUT2D eigenvalue weighted by molar-refractivity contribution is 6.30. The van der Waals surface area contributed by atoms with Crippen LogP contribution in [0.25, 0.3) is 6.08 Å². The SMILES string of the molecule is COc1cc(OC)c(/C=C2/C=C(Cc3cccc(Cl)c3)C(=O)O2)c(OC)c1. The van der Waals surface area contributed by atoms with Crippen LogP contribution in [-0.2, 0) is 16.0 Å². The van der Waals surface area contributed by atoms with Crippen LogP contribution < -0.4 is 14.2 Å². The first kappa shape index (κ1) is 18.9. The van der Waals surface area contributed by atoms with Crippen LogP contribution in [0.1, 0.15) is 11.1 Å². The number of carbonyl (C=O) groups excluding carboxylic acids is 1. The number of methoxy groups -OCH3 is 3. The molecule has 1 heterocycles. The fourth-order valence-electron chi connectivity index (χ4n) is 2.81. The Kier molecular flexibility index (Phi) is 5.72. The normalized spacial score (nSPS) is 14.7. The van der Waals surface area contributed by atoms with E-state index in [1.165, 1.54) is 0 Å². The average molecular weight is 387 g/mol. The summed E-state index contributed by atoms with van der Waals surface area (Å²) in [5, 5.41) is 0.628. The van der Waals surface area contributed by atoms with Crippen LogP contribution in [0.3, 0.4) is 0 Å². The molecule has 0 spiro atoms. The quantitative estimate of drug-likeness (QED) is 0.687. The van der Waals surface area contributed by atoms with Crippen molar-refractivity contribution in [2.75, 3.05) is 21.3 Å². The van der Waals surface area contributed by atoms with Crippen LogP contribution in [0.4, 0.5) is 0 Å². The average Bonchev–Trinajstić information content (AvgIpc) is 3.00. The molecule has 27 heavy (non-hydrogen) atoms. The van der Waals surface area contributed by atoms with Crippen molar-refractivity contribution in [3.8, 4) is 17.2 Å². The van der Waals surface area contributed by atoms with Crippen LogP contribution in [0.2, 0.25) is 5.02 Å². The molecule has 1 aliphatic heterocycles. The number of hydrogen-bond acceptors (Lipinski definition) is 5. The predicted octanol–water partition coefficient (Wildman–Crippen LogP) is 4.43. The van der Waals surface area contributed by atoms with Gasteiger partial charge < -0.3 is 18.9 Å². The van der Waals surface area contributed by atoms with Gasteiger partial charge in [0.25, 0.3) is 0 Å². The van der Waals surface area contributed by atoms with Crippen LogP contribution in [0.15, 0.2) is 53.8 Å². The summed E-state index contributed by atoms with van der Waals surface area (Å²) in [5.41, 5.74) is 2.14. The third kappa shape index (κ3) is 4.26. The molecule has 0 saturated carbocycles. The van der Waals surface area contributed by atoms with E-state index in [0.29, 0.717) is 45.6 Å². The van der Waals surface area contributed by atoms with Gasteiger partial charge in [-0.05, 0) is 29.8 Å². The minimum atomic E-state index is -0.382. The number of ether oxygens (including phenoxy) is 4. The molecule has 0 radical (unpaired) electrons. The molecule has 0 atom stereocenters. The minimum Gasteiger partial charge on any atom is -0.496 e. The van der Waals surface area contributed by atoms with Gasteiger partial charge in [0.05, 0.1) is 26.9 Å². The van der Waals surface area contributed by atoms with E-state index in [9.17, 15) is 4.79 Å². The fourth-order valence-corrected chi connectivity index (χ4v) is 3.02. The predicted molar refractivity (Wildman–Crippen MR) is 103 cm³/mol. The zero-order chi connectivity index (χ0) is 19.4. The summed E-state index contributed by atoms with van der Waals surface area (Å²) in [4.78, 5) is 12.2. The summed E-state index contributed by atoms with van der Waals surface area (Å²) < 4.78 is 21.5. The van der Waals surface area contributed by atoms with Gasteiger partial charge in [0.2, 0.25) is 0 Å². The lowest BCUT2D eigenvalue weighted by atomic mass is 10.1. The Labute approximate surface area is 162 Å². The lowest BCUT2D eigenvalue weighted by Crippen LogP contribution is -2.02. The van der Waals surface area contributed by atoms with Gasteiger partial charge in [0, 0.05) is 29.1 Å². The molecule has 0 aromatic heterocycles. The lowest BCUT2D eigenvalue weighted by Gasteiger charge is -2.12. The Morgan fingerprint density at radius 3 is 2.33 bits per heavy atom. The van der Waals surface area contributed by atoms with Gasteiger partial charge >= 0.3 is 5.97 Å². The van der Waals surface area contributed by atoms with E-state index < -0.39 is 0 Å². The molecule has 3 rings (SSSR count). The molecule has 1 aliphatic rings. The zero-order valence-corrected chi connectivity index (χ0v) is 16.0. The third-order valence-corrected chi connectivity index (χ3v) is 4.35. The van der Waals surface area contributed by atoms with Crippen molar-refractivity contribution in [2.45, 2.75) is 6.42 Å². The van der Waals surface area contributed by atoms with E-state index in [0.717, 1.165) is 5.56 Å². The molecular formula is C21H19ClO5. The number of rotatable bonds is 6. The Balaban J connectivity index is 1.94. The van der Waals surface area contributed by atoms with Crippen molar-refractivity contribution in [3.63, 3.8) is 0 Å². The Hall–Kier alpha value is -2.92. The standard InChI is InChI=1S/C21H19ClO5/c1-24-16-11-19(25-2)18(20(12-16)26-3)10-17-9-14(21(23)27-17)7-13-5-4-6-15(22)8-13/h4-6,8-12H,7H2,1-3H3/b17-10-. The number of benzene rings is 2. The number of allylic oxidation sites excluding steroid dienone is 1. The summed E-state index contributed by atoms with van der Waals surface area (Å²) >= 11 is 6.01. The van der Waals surface area contributed by atoms with Gasteiger partial charge in [0.1, 0.15) is 23.0 Å². The Bertz CT molecular complexity index is 905. The van der Waals surface area contributed by atoms with Gasteiger partial charge in [0.15, 0.2) is 0 Å². The molecule has 2 aromatic rings. The van der Waals surface area contributed by atoms with E-state index in [1.54, 1.807) is 51.7 Å². The molecular weight excluding hydrogens is 368 g/mol. The van der Waals surface area contributed by atoms with Gasteiger partial charge in [-0.15, -0.1) is 0 Å². The molecule has 0 bridgehead atoms. The summed E-state index contributed by atoms with van der Waals surface area (Å²) in [6.45, 7) is 0. The molecule has 0 saturated heterocycles. The van der Waals surface area contributed by atoms with Gasteiger partial charge in [-0.2, -0.15) is 0 Å². The second-order valence-electron chi connectivity index (χ2n) is 5.86. The summed E-state index contributed by atoms with van der Waals surface area (Å²) in [6.07, 6.45) is 3.86. The summed E-state index contributed by atoms with van der Waals surface area (Å²) in [6, 6.07) is 10.9. The second-order valence-corrected chi connectivity index (χ2v) is 6.29. The molecule has 6 heteroatoms. The molecule has 140 valence electrons. The maximum Gasteiger partial charge on any atom is 0.339 e. The number of esters is 1. The molecule has 2 aromatic carbocycles. The van der Waals surface area contributed by atoms with Gasteiger partial charge in [-0.25, -0.2) is 4.79 Å². The van der Waals surface area contributed by atoms with Crippen molar-refractivity contribution >= 4 is 23.6 Å². The van der Waals surface area contributed by atoms with Crippen LogP contribution in [-0.4, -0.2) is 27.3 Å². The fraction of sp³-hybridized carbons (Fsp3) is 0.190. The first-order valence-corrected chi connectivity index (χ1v) is 8.60. The summed E-state index contributed by atoms with van der Waals surface area (Å²) in [7, 11) is 4.67. The number of cyclic esters (lactones) is 1. The minimum absolute atomic E-state index is 0.382. The molecule has 0 fully saturated rings. The highest BCUT2D eigenvalue weighted by atomic mass is 35.5. The van der Waals surface area contributed by atoms with Gasteiger partial charge in [-0.3, -0.25) is 0 Å². The molecule has 0 unspecified atom stereocenters. The van der Waals surface area contributed by atoms with E-state index in [-0.39, 0.29) is 5.97 Å². The Morgan fingerprint density at radius 2 is 1.74 bits per heavy atom. The van der Waals surface area contributed by atoms with E-state index in [2.05, 4.69) is 0 Å². The van der Waals surface area contributed by atoms with E-state index in [1.807, 2.05) is 18.2 Å². The molecule has 0 aliphatic carbocycles. The largest absolute Gasteiger partial charge is 0.496 e. The van der Waals surface area contributed by atoms with Crippen molar-refractivity contribution in [1.82, 2.24) is 0 Å². The summed E-state index contributed by atoms with van der Waals surface area (Å²) in [5.74, 6) is 1.73. The molecule has 0 amide bonds. The molecule has 0 N–H and O–H groups in total. The van der Waals surface area contributed by atoms with Crippen molar-refractivity contribution in [2.24, 2.45) is 0 Å². The third-order valence-electron chi connectivity index (χ3n) is 4.11. The van der Waals surface area contributed by atoms with Crippen molar-refractivity contribution in [1.29, 1.82) is 0 Å². The second kappa shape index (κ2) is 8.18. The first-order chi connectivity index (χ1) is 13.0. The van der Waals surface area contributed by atoms with Crippen LogP contribution >= 0.6 is 11.6 Å². The van der Waals surface area contributed by atoms with E-state index >= 15 is 0 Å². The topological polar surface area (TPSA) is 54.0 Å². The van der Waals surface area contributed by atoms with Crippen LogP contribution in [0, 0.1) is 0 Å². The highest BCUT2D eigenvalue weighted by Crippen LogP contribution is 2.37. The monoisotopic (exact) mass is 386 g/mol. The Morgan fingerprint density at radius 1 is 1.04 bits per heavy atom. The smallest absolute Gasteiger partial charge is 0.339 e. The number of carbonyl (C=O) groups is 1. The van der Waals surface area contributed by atoms with E-state index in [4.69, 9.17) is 30.5 Å². The molecule has 5 nitrogen and oxygen atoms in total. The van der Waals surface area contributed by atoms with Gasteiger partial charge in [-0.1, -0.05) is 23.7 Å². The number of halogens is 1. The maximum absolute atomic E-state index is 12.2. The van der Waals surface area contributed by atoms with Crippen molar-refractivity contribution in [3.05, 3.63) is 70.0 Å².